The maximum Gasteiger partial charge on any atom is 0.230 e. The fourth-order valence-corrected chi connectivity index (χ4v) is 2.59. The lowest BCUT2D eigenvalue weighted by molar-refractivity contribution is -0.119. The van der Waals surface area contributed by atoms with Gasteiger partial charge in [-0.3, -0.25) is 4.79 Å². The van der Waals surface area contributed by atoms with Gasteiger partial charge in [-0.15, -0.1) is 11.8 Å². The molecule has 1 heterocycles. The highest BCUT2D eigenvalue weighted by atomic mass is 32.2. The number of rotatable bonds is 4. The molecule has 0 atom stereocenters. The van der Waals surface area contributed by atoms with Crippen LogP contribution in [-0.2, 0) is 9.53 Å². The first kappa shape index (κ1) is 14.1. The van der Waals surface area contributed by atoms with Crippen molar-refractivity contribution in [2.45, 2.75) is 23.8 Å². The van der Waals surface area contributed by atoms with Crippen LogP contribution in [0.1, 0.15) is 12.8 Å². The second-order valence-electron chi connectivity index (χ2n) is 4.43. The molecule has 1 saturated heterocycles. The van der Waals surface area contributed by atoms with Crippen LogP contribution in [0.25, 0.3) is 0 Å². The molecule has 4 nitrogen and oxygen atoms in total. The summed E-state index contributed by atoms with van der Waals surface area (Å²) in [4.78, 5) is 12.4. The Labute approximate surface area is 115 Å². The minimum Gasteiger partial charge on any atom is -0.396 e. The molecule has 1 aliphatic rings. The molecule has 1 aromatic carbocycles. The van der Waals surface area contributed by atoms with Gasteiger partial charge in [-0.1, -0.05) is 0 Å². The number of thioether (sulfide) groups is 1. The summed E-state index contributed by atoms with van der Waals surface area (Å²) in [5.74, 6) is -0.204. The molecular weight excluding hydrogens is 267 g/mol. The molecule has 0 saturated carbocycles. The van der Waals surface area contributed by atoms with Crippen LogP contribution in [0, 0.1) is 5.82 Å². The van der Waals surface area contributed by atoms with Crippen LogP contribution in [0.3, 0.4) is 0 Å². The van der Waals surface area contributed by atoms with Gasteiger partial charge in [0, 0.05) is 24.2 Å². The summed E-state index contributed by atoms with van der Waals surface area (Å²) in [5.41, 5.74) is 5.51. The third kappa shape index (κ3) is 4.40. The van der Waals surface area contributed by atoms with Gasteiger partial charge in [0.15, 0.2) is 0 Å². The van der Waals surface area contributed by atoms with Gasteiger partial charge in [0.2, 0.25) is 5.91 Å². The lowest BCUT2D eigenvalue weighted by atomic mass is 10.1. The van der Waals surface area contributed by atoms with Gasteiger partial charge in [-0.05, 0) is 31.0 Å². The minimum atomic E-state index is -0.449. The molecule has 1 aliphatic heterocycles. The molecule has 2 rings (SSSR count). The molecule has 0 aliphatic carbocycles. The molecular formula is C13H17FN2O2S. The van der Waals surface area contributed by atoms with Gasteiger partial charge >= 0.3 is 0 Å². The van der Waals surface area contributed by atoms with E-state index in [4.69, 9.17) is 10.5 Å². The van der Waals surface area contributed by atoms with Crippen LogP contribution in [0.15, 0.2) is 23.1 Å². The number of carbonyl (C=O) groups is 1. The first-order valence-corrected chi connectivity index (χ1v) is 7.18. The van der Waals surface area contributed by atoms with Crippen molar-refractivity contribution in [1.82, 2.24) is 5.32 Å². The maximum atomic E-state index is 13.2. The van der Waals surface area contributed by atoms with Crippen molar-refractivity contribution in [1.29, 1.82) is 0 Å². The number of anilines is 1. The van der Waals surface area contributed by atoms with E-state index in [2.05, 4.69) is 5.32 Å². The quantitative estimate of drug-likeness (QED) is 0.653. The molecule has 3 N–H and O–H groups in total. The molecule has 0 aromatic heterocycles. The van der Waals surface area contributed by atoms with E-state index in [9.17, 15) is 9.18 Å². The van der Waals surface area contributed by atoms with E-state index in [-0.39, 0.29) is 23.4 Å². The van der Waals surface area contributed by atoms with Gasteiger partial charge in [0.05, 0.1) is 11.4 Å². The smallest absolute Gasteiger partial charge is 0.230 e. The topological polar surface area (TPSA) is 64.4 Å². The van der Waals surface area contributed by atoms with E-state index in [0.717, 1.165) is 12.8 Å². The number of hydrogen-bond donors (Lipinski definition) is 2. The van der Waals surface area contributed by atoms with Crippen LogP contribution < -0.4 is 11.1 Å². The predicted molar refractivity (Wildman–Crippen MR) is 73.5 cm³/mol. The van der Waals surface area contributed by atoms with Crippen LogP contribution in [0.5, 0.6) is 0 Å². The highest BCUT2D eigenvalue weighted by molar-refractivity contribution is 8.00. The van der Waals surface area contributed by atoms with Crippen molar-refractivity contribution in [3.05, 3.63) is 24.0 Å². The average Bonchev–Trinajstić information content (AvgIpc) is 2.41. The number of nitrogen functional groups attached to an aromatic ring is 1. The number of hydrogen-bond acceptors (Lipinski definition) is 4. The summed E-state index contributed by atoms with van der Waals surface area (Å²) in [5, 5.41) is 2.96. The fraction of sp³-hybridized carbons (Fsp3) is 0.462. The van der Waals surface area contributed by atoms with Gasteiger partial charge in [0.25, 0.3) is 0 Å². The number of benzene rings is 1. The predicted octanol–water partition coefficient (Wildman–Crippen LogP) is 1.80. The molecule has 104 valence electrons. The first-order chi connectivity index (χ1) is 9.15. The number of carbonyl (C=O) groups excluding carboxylic acids is 1. The van der Waals surface area contributed by atoms with Gasteiger partial charge in [-0.25, -0.2) is 4.39 Å². The summed E-state index contributed by atoms with van der Waals surface area (Å²) in [6.07, 6.45) is 1.71. The number of nitrogens with one attached hydrogen (secondary N) is 1. The summed E-state index contributed by atoms with van der Waals surface area (Å²) in [6, 6.07) is 4.77. The molecule has 0 spiro atoms. The highest BCUT2D eigenvalue weighted by Gasteiger charge is 2.16. The van der Waals surface area contributed by atoms with Crippen LogP contribution in [-0.4, -0.2) is 30.9 Å². The Morgan fingerprint density at radius 3 is 2.89 bits per heavy atom. The van der Waals surface area contributed by atoms with Gasteiger partial charge < -0.3 is 15.8 Å². The standard InChI is InChI=1S/C13H17FN2O2S/c14-11-7-10(1-2-12(11)15)19-8-13(17)16-9-3-5-18-6-4-9/h1-2,7,9H,3-6,8,15H2,(H,16,17). The van der Waals surface area contributed by atoms with Crippen molar-refractivity contribution >= 4 is 23.4 Å². The van der Waals surface area contributed by atoms with E-state index >= 15 is 0 Å². The SMILES string of the molecule is Nc1ccc(SCC(=O)NC2CCOCC2)cc1F. The maximum absolute atomic E-state index is 13.2. The summed E-state index contributed by atoms with van der Waals surface area (Å²) in [7, 11) is 0. The summed E-state index contributed by atoms with van der Waals surface area (Å²) < 4.78 is 18.4. The highest BCUT2D eigenvalue weighted by Crippen LogP contribution is 2.21. The van der Waals surface area contributed by atoms with E-state index in [1.54, 1.807) is 6.07 Å². The normalized spacial score (nSPS) is 16.3. The monoisotopic (exact) mass is 284 g/mol. The number of halogens is 1. The molecule has 0 radical (unpaired) electrons. The Morgan fingerprint density at radius 1 is 1.47 bits per heavy atom. The number of nitrogens with two attached hydrogens (primary N) is 1. The zero-order valence-electron chi connectivity index (χ0n) is 10.5. The second kappa shape index (κ2) is 6.77. The molecule has 19 heavy (non-hydrogen) atoms. The second-order valence-corrected chi connectivity index (χ2v) is 5.47. The van der Waals surface area contributed by atoms with E-state index < -0.39 is 5.82 Å². The van der Waals surface area contributed by atoms with Crippen molar-refractivity contribution in [2.75, 3.05) is 24.7 Å². The Balaban J connectivity index is 1.77. The fourth-order valence-electron chi connectivity index (χ4n) is 1.86. The number of ether oxygens (including phenoxy) is 1. The molecule has 1 fully saturated rings. The molecule has 1 aromatic rings. The average molecular weight is 284 g/mol. The van der Waals surface area contributed by atoms with Crippen molar-refractivity contribution < 1.29 is 13.9 Å². The zero-order valence-corrected chi connectivity index (χ0v) is 11.3. The van der Waals surface area contributed by atoms with Gasteiger partial charge in [0.1, 0.15) is 5.82 Å². The van der Waals surface area contributed by atoms with Crippen molar-refractivity contribution in [3.63, 3.8) is 0 Å². The zero-order chi connectivity index (χ0) is 13.7. The third-order valence-corrected chi connectivity index (χ3v) is 3.92. The van der Waals surface area contributed by atoms with Crippen LogP contribution in [0.2, 0.25) is 0 Å². The minimum absolute atomic E-state index is 0.0332. The van der Waals surface area contributed by atoms with Gasteiger partial charge in [-0.2, -0.15) is 0 Å². The van der Waals surface area contributed by atoms with Crippen molar-refractivity contribution in [2.24, 2.45) is 0 Å². The Bertz CT molecular complexity index is 450. The molecule has 0 unspecified atom stereocenters. The third-order valence-electron chi connectivity index (χ3n) is 2.93. The summed E-state index contributed by atoms with van der Waals surface area (Å²) in [6.45, 7) is 1.39. The van der Waals surface area contributed by atoms with E-state index in [1.807, 2.05) is 0 Å². The van der Waals surface area contributed by atoms with Crippen molar-refractivity contribution in [3.8, 4) is 0 Å². The Hall–Kier alpha value is -1.27. The van der Waals surface area contributed by atoms with E-state index in [0.29, 0.717) is 18.1 Å². The molecule has 1 amide bonds. The number of amides is 1. The summed E-state index contributed by atoms with van der Waals surface area (Å²) >= 11 is 1.30. The Morgan fingerprint density at radius 2 is 2.21 bits per heavy atom. The van der Waals surface area contributed by atoms with Crippen LogP contribution in [0.4, 0.5) is 10.1 Å². The first-order valence-electron chi connectivity index (χ1n) is 6.20. The Kier molecular flexibility index (Phi) is 5.04. The molecule has 6 heteroatoms. The lowest BCUT2D eigenvalue weighted by Crippen LogP contribution is -2.39. The van der Waals surface area contributed by atoms with Crippen LogP contribution >= 0.6 is 11.8 Å². The largest absolute Gasteiger partial charge is 0.396 e. The lowest BCUT2D eigenvalue weighted by Gasteiger charge is -2.23. The van der Waals surface area contributed by atoms with E-state index in [1.165, 1.54) is 23.9 Å². The molecule has 0 bridgehead atoms.